The quantitative estimate of drug-likeness (QED) is 0.573. The third kappa shape index (κ3) is 4.51. The number of aryl methyl sites for hydroxylation is 2. The van der Waals surface area contributed by atoms with E-state index >= 15 is 0 Å². The average molecular weight is 426 g/mol. The van der Waals surface area contributed by atoms with Crippen LogP contribution in [-0.4, -0.2) is 22.3 Å². The van der Waals surface area contributed by atoms with Gasteiger partial charge in [-0.05, 0) is 55.5 Å². The first kappa shape index (κ1) is 20.3. The topological polar surface area (TPSA) is 56.2 Å². The first-order chi connectivity index (χ1) is 13.2. The molecule has 0 atom stereocenters. The zero-order valence-corrected chi connectivity index (χ0v) is 17.0. The number of hydrogen-bond donors (Lipinski definition) is 1. The van der Waals surface area contributed by atoms with Crippen LogP contribution in [0.1, 0.15) is 32.2 Å². The number of halogens is 3. The Kier molecular flexibility index (Phi) is 6.00. The van der Waals surface area contributed by atoms with Crippen LogP contribution in [0.15, 0.2) is 29.6 Å². The third-order valence-electron chi connectivity index (χ3n) is 4.10. The summed E-state index contributed by atoms with van der Waals surface area (Å²) in [6, 6.07) is 6.44. The summed E-state index contributed by atoms with van der Waals surface area (Å²) in [4.78, 5) is 13.0. The number of carbonyl (C=O) groups is 1. The van der Waals surface area contributed by atoms with E-state index in [2.05, 4.69) is 15.2 Å². The molecule has 0 aliphatic heterocycles. The van der Waals surface area contributed by atoms with Crippen molar-refractivity contribution in [2.75, 3.05) is 5.32 Å². The van der Waals surface area contributed by atoms with Gasteiger partial charge >= 0.3 is 6.61 Å². The van der Waals surface area contributed by atoms with Crippen LogP contribution in [0, 0.1) is 20.8 Å². The molecule has 1 N–H and O–H groups in total. The van der Waals surface area contributed by atoms with Gasteiger partial charge in [0.1, 0.15) is 5.75 Å². The van der Waals surface area contributed by atoms with Crippen LogP contribution in [0.3, 0.4) is 0 Å². The number of benzene rings is 1. The van der Waals surface area contributed by atoms with E-state index in [-0.39, 0.29) is 11.4 Å². The predicted octanol–water partition coefficient (Wildman–Crippen LogP) is 5.43. The molecular weight excluding hydrogens is 408 g/mol. The molecule has 148 valence electrons. The van der Waals surface area contributed by atoms with Gasteiger partial charge in [-0.2, -0.15) is 13.9 Å². The zero-order chi connectivity index (χ0) is 20.4. The highest BCUT2D eigenvalue weighted by Crippen LogP contribution is 2.29. The molecule has 1 amide bonds. The summed E-state index contributed by atoms with van der Waals surface area (Å²) in [6.45, 7) is 2.97. The molecule has 0 radical (unpaired) electrons. The van der Waals surface area contributed by atoms with Crippen LogP contribution in [0.4, 0.5) is 14.5 Å². The maximum atomic E-state index is 12.6. The van der Waals surface area contributed by atoms with Crippen molar-refractivity contribution in [2.45, 2.75) is 33.9 Å². The Hall–Kier alpha value is -2.45. The summed E-state index contributed by atoms with van der Waals surface area (Å²) in [5.74, 6) is -0.469. The highest BCUT2D eigenvalue weighted by atomic mass is 35.5. The van der Waals surface area contributed by atoms with Gasteiger partial charge in [0.25, 0.3) is 5.91 Å². The smallest absolute Gasteiger partial charge is 0.387 e. The van der Waals surface area contributed by atoms with E-state index in [1.807, 2.05) is 19.2 Å². The number of carbonyl (C=O) groups excluding carboxylic acids is 1. The monoisotopic (exact) mass is 425 g/mol. The van der Waals surface area contributed by atoms with Crippen LogP contribution in [0.5, 0.6) is 5.75 Å². The highest BCUT2D eigenvalue weighted by molar-refractivity contribution is 7.12. The lowest BCUT2D eigenvalue weighted by molar-refractivity contribution is -0.0494. The molecule has 0 bridgehead atoms. The van der Waals surface area contributed by atoms with E-state index in [0.29, 0.717) is 16.4 Å². The summed E-state index contributed by atoms with van der Waals surface area (Å²) in [6.07, 6.45) is 0. The predicted molar refractivity (Wildman–Crippen MR) is 106 cm³/mol. The van der Waals surface area contributed by atoms with Crippen molar-refractivity contribution >= 4 is 34.5 Å². The minimum atomic E-state index is -2.97. The zero-order valence-electron chi connectivity index (χ0n) is 15.4. The maximum absolute atomic E-state index is 12.6. The number of hydrogen-bond acceptors (Lipinski definition) is 4. The van der Waals surface area contributed by atoms with E-state index in [9.17, 15) is 13.6 Å². The first-order valence-electron chi connectivity index (χ1n) is 8.38. The molecule has 2 heterocycles. The summed E-state index contributed by atoms with van der Waals surface area (Å²) < 4.78 is 31.5. The van der Waals surface area contributed by atoms with Gasteiger partial charge in [0.05, 0.1) is 33.5 Å². The summed E-state index contributed by atoms with van der Waals surface area (Å²) >= 11 is 7.42. The lowest BCUT2D eigenvalue weighted by Crippen LogP contribution is -2.13. The van der Waals surface area contributed by atoms with Crippen LogP contribution in [-0.2, 0) is 6.54 Å². The van der Waals surface area contributed by atoms with Gasteiger partial charge < -0.3 is 10.1 Å². The van der Waals surface area contributed by atoms with E-state index in [4.69, 9.17) is 11.6 Å². The van der Waals surface area contributed by atoms with Gasteiger partial charge in [-0.25, -0.2) is 0 Å². The number of ether oxygens (including phenoxy) is 1. The molecular formula is C19H18ClF2N3O2S. The summed E-state index contributed by atoms with van der Waals surface area (Å²) in [5, 5.41) is 9.48. The van der Waals surface area contributed by atoms with Crippen molar-refractivity contribution < 1.29 is 18.3 Å². The van der Waals surface area contributed by atoms with Crippen molar-refractivity contribution in [3.8, 4) is 5.75 Å². The number of anilines is 1. The molecule has 0 aliphatic carbocycles. The second-order valence-electron chi connectivity index (χ2n) is 6.29. The molecule has 0 unspecified atom stereocenters. The maximum Gasteiger partial charge on any atom is 0.387 e. The van der Waals surface area contributed by atoms with E-state index in [0.717, 1.165) is 22.5 Å². The van der Waals surface area contributed by atoms with Gasteiger partial charge in [-0.1, -0.05) is 17.7 Å². The summed E-state index contributed by atoms with van der Waals surface area (Å²) in [7, 11) is 0. The molecule has 0 saturated heterocycles. The molecule has 2 aromatic heterocycles. The van der Waals surface area contributed by atoms with Crippen molar-refractivity contribution in [2.24, 2.45) is 0 Å². The molecule has 0 spiro atoms. The van der Waals surface area contributed by atoms with Gasteiger partial charge in [0.15, 0.2) is 0 Å². The Morgan fingerprint density at radius 3 is 2.71 bits per heavy atom. The lowest BCUT2D eigenvalue weighted by Gasteiger charge is -2.12. The van der Waals surface area contributed by atoms with Crippen molar-refractivity contribution in [1.29, 1.82) is 0 Å². The summed E-state index contributed by atoms with van der Waals surface area (Å²) in [5.41, 5.74) is 3.43. The molecule has 9 heteroatoms. The molecule has 1 aromatic carbocycles. The average Bonchev–Trinajstić information content (AvgIpc) is 3.18. The Labute approximate surface area is 169 Å². The first-order valence-corrected chi connectivity index (χ1v) is 9.64. The van der Waals surface area contributed by atoms with Gasteiger partial charge in [0.2, 0.25) is 0 Å². The normalized spacial score (nSPS) is 11.1. The Morgan fingerprint density at radius 2 is 2.07 bits per heavy atom. The molecule has 28 heavy (non-hydrogen) atoms. The van der Waals surface area contributed by atoms with Crippen LogP contribution in [0.2, 0.25) is 5.02 Å². The number of aromatic nitrogens is 2. The van der Waals surface area contributed by atoms with Gasteiger partial charge in [-0.15, -0.1) is 11.3 Å². The standard InChI is InChI=1S/C19H18ClF2N3O2S/c1-10-4-5-14(15(6-10)27-19(21)22)23-18(26)16-7-13(9-28-16)8-25-12(3)17(20)11(2)24-25/h4-7,9,19H,8H2,1-3H3,(H,23,26). The third-order valence-corrected chi connectivity index (χ3v) is 5.63. The number of nitrogens with zero attached hydrogens (tertiary/aromatic N) is 2. The molecule has 0 aliphatic rings. The fraction of sp³-hybridized carbons (Fsp3) is 0.263. The largest absolute Gasteiger partial charge is 0.433 e. The minimum absolute atomic E-state index is 0.0718. The Morgan fingerprint density at radius 1 is 1.32 bits per heavy atom. The van der Waals surface area contributed by atoms with Crippen molar-refractivity contribution in [3.05, 3.63) is 62.1 Å². The second-order valence-corrected chi connectivity index (χ2v) is 7.58. The van der Waals surface area contributed by atoms with Crippen molar-refractivity contribution in [3.63, 3.8) is 0 Å². The number of amides is 1. The molecule has 3 aromatic rings. The van der Waals surface area contributed by atoms with Crippen LogP contribution < -0.4 is 10.1 Å². The van der Waals surface area contributed by atoms with Crippen LogP contribution in [0.25, 0.3) is 0 Å². The minimum Gasteiger partial charge on any atom is -0.433 e. The molecule has 5 nitrogen and oxygen atoms in total. The molecule has 0 saturated carbocycles. The number of nitrogens with one attached hydrogen (secondary N) is 1. The molecule has 0 fully saturated rings. The Bertz CT molecular complexity index is 1020. The number of alkyl halides is 2. The van der Waals surface area contributed by atoms with Crippen molar-refractivity contribution in [1.82, 2.24) is 9.78 Å². The van der Waals surface area contributed by atoms with E-state index in [1.165, 1.54) is 23.5 Å². The number of rotatable bonds is 6. The number of thiophene rings is 1. The fourth-order valence-electron chi connectivity index (χ4n) is 2.69. The second kappa shape index (κ2) is 8.28. The van der Waals surface area contributed by atoms with E-state index in [1.54, 1.807) is 23.7 Å². The highest BCUT2D eigenvalue weighted by Gasteiger charge is 2.16. The van der Waals surface area contributed by atoms with E-state index < -0.39 is 12.5 Å². The van der Waals surface area contributed by atoms with Crippen LogP contribution >= 0.6 is 22.9 Å². The molecule has 3 rings (SSSR count). The lowest BCUT2D eigenvalue weighted by atomic mass is 10.2. The fourth-order valence-corrected chi connectivity index (χ4v) is 3.62. The SMILES string of the molecule is Cc1ccc(NC(=O)c2cc(Cn3nc(C)c(Cl)c3C)cs2)c(OC(F)F)c1. The van der Waals surface area contributed by atoms with Gasteiger partial charge in [0, 0.05) is 0 Å². The Balaban J connectivity index is 1.75. The van der Waals surface area contributed by atoms with Gasteiger partial charge in [-0.3, -0.25) is 9.48 Å².